The number of rotatable bonds is 8. The van der Waals surface area contributed by atoms with Gasteiger partial charge < -0.3 is 19.1 Å². The van der Waals surface area contributed by atoms with E-state index in [2.05, 4.69) is 4.90 Å². The average molecular weight is 451 g/mol. The second kappa shape index (κ2) is 10.8. The summed E-state index contributed by atoms with van der Waals surface area (Å²) in [7, 11) is 4.85. The van der Waals surface area contributed by atoms with Crippen LogP contribution in [0.25, 0.3) is 0 Å². The quantitative estimate of drug-likeness (QED) is 0.570. The normalized spacial score (nSPS) is 14.5. The van der Waals surface area contributed by atoms with E-state index in [1.165, 1.54) is 11.8 Å². The lowest BCUT2D eigenvalue weighted by Crippen LogP contribution is -2.48. The number of nitrogens with zero attached hydrogens (tertiary/aromatic N) is 2. The maximum absolute atomic E-state index is 12.6. The number of carbonyl (C=O) groups is 1. The Morgan fingerprint density at radius 3 is 2.30 bits per heavy atom. The van der Waals surface area contributed by atoms with E-state index in [0.29, 0.717) is 41.1 Å². The Morgan fingerprint density at radius 1 is 0.967 bits per heavy atom. The highest BCUT2D eigenvalue weighted by molar-refractivity contribution is 8.00. The molecule has 0 atom stereocenters. The summed E-state index contributed by atoms with van der Waals surface area (Å²) >= 11 is 7.66. The summed E-state index contributed by atoms with van der Waals surface area (Å²) in [6.45, 7) is 3.75. The molecule has 2 aromatic carbocycles. The van der Waals surface area contributed by atoms with Crippen molar-refractivity contribution in [1.29, 1.82) is 0 Å². The van der Waals surface area contributed by atoms with E-state index in [1.807, 2.05) is 41.3 Å². The minimum atomic E-state index is 0.142. The van der Waals surface area contributed by atoms with E-state index in [4.69, 9.17) is 25.8 Å². The van der Waals surface area contributed by atoms with E-state index < -0.39 is 0 Å². The number of piperazine rings is 1. The van der Waals surface area contributed by atoms with Crippen molar-refractivity contribution in [2.45, 2.75) is 11.4 Å². The van der Waals surface area contributed by atoms with Crippen LogP contribution in [-0.4, -0.2) is 69.0 Å². The molecule has 30 heavy (non-hydrogen) atoms. The molecular weight excluding hydrogens is 424 g/mol. The zero-order valence-electron chi connectivity index (χ0n) is 17.5. The second-order valence-electron chi connectivity index (χ2n) is 6.87. The molecule has 0 unspecified atom stereocenters. The van der Waals surface area contributed by atoms with Crippen molar-refractivity contribution in [1.82, 2.24) is 9.80 Å². The third-order valence-electron chi connectivity index (χ3n) is 5.09. The molecule has 6 nitrogen and oxygen atoms in total. The molecule has 0 aliphatic carbocycles. The van der Waals surface area contributed by atoms with Crippen molar-refractivity contribution in [2.24, 2.45) is 0 Å². The zero-order valence-corrected chi connectivity index (χ0v) is 19.1. The number of benzene rings is 2. The van der Waals surface area contributed by atoms with E-state index in [-0.39, 0.29) is 5.91 Å². The summed E-state index contributed by atoms with van der Waals surface area (Å²) in [6.07, 6.45) is 0. The zero-order chi connectivity index (χ0) is 21.5. The Balaban J connectivity index is 1.54. The number of carbonyl (C=O) groups excluding carboxylic acids is 1. The van der Waals surface area contributed by atoms with Crippen LogP contribution in [0.1, 0.15) is 5.56 Å². The van der Waals surface area contributed by atoms with Crippen molar-refractivity contribution in [2.75, 3.05) is 53.3 Å². The highest BCUT2D eigenvalue weighted by Gasteiger charge is 2.23. The van der Waals surface area contributed by atoms with Crippen LogP contribution in [0.4, 0.5) is 0 Å². The van der Waals surface area contributed by atoms with Crippen LogP contribution >= 0.6 is 23.4 Å². The van der Waals surface area contributed by atoms with Gasteiger partial charge in [0.15, 0.2) is 11.5 Å². The average Bonchev–Trinajstić information content (AvgIpc) is 2.78. The first kappa shape index (κ1) is 22.6. The van der Waals surface area contributed by atoms with Crippen molar-refractivity contribution in [3.8, 4) is 17.2 Å². The van der Waals surface area contributed by atoms with Crippen LogP contribution in [0.5, 0.6) is 17.2 Å². The van der Waals surface area contributed by atoms with E-state index in [9.17, 15) is 4.79 Å². The summed E-state index contributed by atoms with van der Waals surface area (Å²) in [6, 6.07) is 11.5. The molecule has 1 aliphatic heterocycles. The molecule has 8 heteroatoms. The fourth-order valence-corrected chi connectivity index (χ4v) is 4.62. The molecule has 1 saturated heterocycles. The molecule has 2 aromatic rings. The van der Waals surface area contributed by atoms with Gasteiger partial charge in [-0.15, -0.1) is 11.8 Å². The van der Waals surface area contributed by atoms with E-state index in [0.717, 1.165) is 30.1 Å². The maximum Gasteiger partial charge on any atom is 0.233 e. The summed E-state index contributed by atoms with van der Waals surface area (Å²) < 4.78 is 16.4. The highest BCUT2D eigenvalue weighted by atomic mass is 35.5. The Bertz CT molecular complexity index is 872. The van der Waals surface area contributed by atoms with Gasteiger partial charge in [-0.1, -0.05) is 29.8 Å². The van der Waals surface area contributed by atoms with Crippen LogP contribution in [0, 0.1) is 0 Å². The molecule has 0 radical (unpaired) electrons. The molecule has 0 N–H and O–H groups in total. The third kappa shape index (κ3) is 5.33. The fourth-order valence-electron chi connectivity index (χ4n) is 3.48. The first-order chi connectivity index (χ1) is 14.6. The van der Waals surface area contributed by atoms with Gasteiger partial charge in [0.1, 0.15) is 0 Å². The molecule has 0 spiro atoms. The van der Waals surface area contributed by atoms with Crippen LogP contribution in [0.2, 0.25) is 5.02 Å². The lowest BCUT2D eigenvalue weighted by atomic mass is 10.1. The number of halogens is 1. The van der Waals surface area contributed by atoms with Crippen molar-refractivity contribution >= 4 is 29.3 Å². The topological polar surface area (TPSA) is 51.2 Å². The Kier molecular flexibility index (Phi) is 8.13. The molecule has 0 saturated carbocycles. The van der Waals surface area contributed by atoms with Crippen LogP contribution in [0.15, 0.2) is 41.3 Å². The van der Waals surface area contributed by atoms with Crippen LogP contribution < -0.4 is 14.2 Å². The van der Waals surface area contributed by atoms with Gasteiger partial charge in [-0.3, -0.25) is 9.69 Å². The molecule has 162 valence electrons. The van der Waals surface area contributed by atoms with Gasteiger partial charge in [-0.2, -0.15) is 0 Å². The molecule has 1 amide bonds. The van der Waals surface area contributed by atoms with Gasteiger partial charge >= 0.3 is 0 Å². The summed E-state index contributed by atoms with van der Waals surface area (Å²) in [5.74, 6) is 2.47. The number of amides is 1. The van der Waals surface area contributed by atoms with E-state index in [1.54, 1.807) is 21.3 Å². The third-order valence-corrected chi connectivity index (χ3v) is 6.59. The lowest BCUT2D eigenvalue weighted by Gasteiger charge is -2.35. The number of methoxy groups -OCH3 is 3. The van der Waals surface area contributed by atoms with Crippen molar-refractivity contribution < 1.29 is 19.0 Å². The molecule has 1 fully saturated rings. The van der Waals surface area contributed by atoms with Crippen LogP contribution in [-0.2, 0) is 11.3 Å². The summed E-state index contributed by atoms with van der Waals surface area (Å²) in [5.41, 5.74) is 1.03. The van der Waals surface area contributed by atoms with Crippen molar-refractivity contribution in [3.63, 3.8) is 0 Å². The smallest absolute Gasteiger partial charge is 0.233 e. The van der Waals surface area contributed by atoms with Crippen molar-refractivity contribution in [3.05, 3.63) is 47.0 Å². The van der Waals surface area contributed by atoms with Gasteiger partial charge in [-0.05, 0) is 18.2 Å². The molecule has 0 bridgehead atoms. The van der Waals surface area contributed by atoms with Gasteiger partial charge in [0.05, 0.1) is 32.1 Å². The SMILES string of the molecule is COc1ccc(CN2CCN(C(=O)CSc3ccccc3Cl)CC2)c(OC)c1OC. The molecule has 0 aromatic heterocycles. The Hall–Kier alpha value is -2.09. The lowest BCUT2D eigenvalue weighted by molar-refractivity contribution is -0.130. The Labute approximate surface area is 187 Å². The minimum absolute atomic E-state index is 0.142. The summed E-state index contributed by atoms with van der Waals surface area (Å²) in [4.78, 5) is 17.8. The van der Waals surface area contributed by atoms with Crippen LogP contribution in [0.3, 0.4) is 0 Å². The molecule has 1 heterocycles. The molecule has 3 rings (SSSR count). The monoisotopic (exact) mass is 450 g/mol. The fraction of sp³-hybridized carbons (Fsp3) is 0.409. The molecule has 1 aliphatic rings. The first-order valence-electron chi connectivity index (χ1n) is 9.72. The first-order valence-corrected chi connectivity index (χ1v) is 11.1. The van der Waals surface area contributed by atoms with Gasteiger partial charge in [0.2, 0.25) is 11.7 Å². The van der Waals surface area contributed by atoms with E-state index >= 15 is 0 Å². The summed E-state index contributed by atoms with van der Waals surface area (Å²) in [5, 5.41) is 0.684. The predicted molar refractivity (Wildman–Crippen MR) is 120 cm³/mol. The van der Waals surface area contributed by atoms with Gasteiger partial charge in [0, 0.05) is 43.2 Å². The van der Waals surface area contributed by atoms with Gasteiger partial charge in [0.25, 0.3) is 0 Å². The number of thioether (sulfide) groups is 1. The molecular formula is C22H27ClN2O4S. The Morgan fingerprint density at radius 2 is 1.67 bits per heavy atom. The van der Waals surface area contributed by atoms with Gasteiger partial charge in [-0.25, -0.2) is 0 Å². The maximum atomic E-state index is 12.6. The second-order valence-corrected chi connectivity index (χ2v) is 8.29. The highest BCUT2D eigenvalue weighted by Crippen LogP contribution is 2.40. The minimum Gasteiger partial charge on any atom is -0.493 e. The largest absolute Gasteiger partial charge is 0.493 e. The number of ether oxygens (including phenoxy) is 3. The number of hydrogen-bond acceptors (Lipinski definition) is 6. The standard InChI is InChI=1S/C22H27ClN2O4S/c1-27-18-9-8-16(21(28-2)22(18)29-3)14-24-10-12-25(13-11-24)20(26)15-30-19-7-5-4-6-17(19)23/h4-9H,10-15H2,1-3H3. The predicted octanol–water partition coefficient (Wildman–Crippen LogP) is 3.80. The number of hydrogen-bond donors (Lipinski definition) is 0.